The topological polar surface area (TPSA) is 90.3 Å². The number of likely N-dealkylation sites (N-methyl/N-ethyl adjacent to an activating group) is 1. The number of phenolic OH excluding ortho intramolecular Hbond substituents is 1. The SMILES string of the molecule is Cc1cc(/C(O)=C2/C(=O)C(=O)N(CCN(C)C)C2c2cccc(O)c2)ccc1OCc1ccccc1. The summed E-state index contributed by atoms with van der Waals surface area (Å²) in [7, 11) is 3.76. The molecular weight excluding hydrogens is 456 g/mol. The molecule has 1 aliphatic heterocycles. The molecule has 7 nitrogen and oxygen atoms in total. The van der Waals surface area contributed by atoms with E-state index in [4.69, 9.17) is 4.74 Å². The number of nitrogens with zero attached hydrogens (tertiary/aromatic N) is 2. The molecule has 0 aliphatic carbocycles. The molecule has 0 aromatic heterocycles. The lowest BCUT2D eigenvalue weighted by Crippen LogP contribution is -2.35. The number of rotatable bonds is 8. The van der Waals surface area contributed by atoms with Crippen LogP contribution in [0.2, 0.25) is 0 Å². The Labute approximate surface area is 210 Å². The Hall–Kier alpha value is -4.10. The van der Waals surface area contributed by atoms with Gasteiger partial charge in [-0.3, -0.25) is 9.59 Å². The van der Waals surface area contributed by atoms with Crippen molar-refractivity contribution in [2.45, 2.75) is 19.6 Å². The van der Waals surface area contributed by atoms with Gasteiger partial charge in [0.25, 0.3) is 11.7 Å². The lowest BCUT2D eigenvalue weighted by Gasteiger charge is -2.26. The third-order valence-corrected chi connectivity index (χ3v) is 6.20. The number of phenols is 1. The number of hydrogen-bond donors (Lipinski definition) is 2. The maximum atomic E-state index is 13.1. The second kappa shape index (κ2) is 10.7. The fourth-order valence-electron chi connectivity index (χ4n) is 4.31. The maximum absolute atomic E-state index is 13.1. The number of aromatic hydroxyl groups is 1. The van der Waals surface area contributed by atoms with Crippen LogP contribution in [0.5, 0.6) is 11.5 Å². The largest absolute Gasteiger partial charge is 0.508 e. The first kappa shape index (κ1) is 25.0. The van der Waals surface area contributed by atoms with Gasteiger partial charge in [-0.05, 0) is 68.0 Å². The lowest BCUT2D eigenvalue weighted by atomic mass is 9.94. The Bertz CT molecular complexity index is 1300. The first-order valence-electron chi connectivity index (χ1n) is 11.8. The van der Waals surface area contributed by atoms with E-state index in [1.54, 1.807) is 30.3 Å². The molecule has 1 aliphatic rings. The van der Waals surface area contributed by atoms with E-state index >= 15 is 0 Å². The van der Waals surface area contributed by atoms with E-state index in [9.17, 15) is 19.8 Å². The highest BCUT2D eigenvalue weighted by Crippen LogP contribution is 2.40. The standard InChI is InChI=1S/C29H30N2O5/c1-19-16-22(12-13-24(19)36-18-20-8-5-4-6-9-20)27(33)25-26(21-10-7-11-23(32)17-21)31(15-14-30(2)3)29(35)28(25)34/h4-13,16-17,26,32-33H,14-15,18H2,1-3H3/b27-25-. The summed E-state index contributed by atoms with van der Waals surface area (Å²) in [6.45, 7) is 3.09. The molecule has 1 amide bonds. The number of aliphatic hydroxyl groups is 1. The van der Waals surface area contributed by atoms with Crippen molar-refractivity contribution in [1.29, 1.82) is 0 Å². The first-order valence-corrected chi connectivity index (χ1v) is 11.8. The number of likely N-dealkylation sites (tertiary alicyclic amines) is 1. The van der Waals surface area contributed by atoms with Crippen LogP contribution < -0.4 is 4.74 Å². The van der Waals surface area contributed by atoms with Gasteiger partial charge in [0.15, 0.2) is 0 Å². The van der Waals surface area contributed by atoms with Gasteiger partial charge in [0.05, 0.1) is 11.6 Å². The number of benzene rings is 3. The molecule has 7 heteroatoms. The fourth-order valence-corrected chi connectivity index (χ4v) is 4.31. The van der Waals surface area contributed by atoms with Crippen LogP contribution in [-0.2, 0) is 16.2 Å². The number of ketones is 1. The minimum atomic E-state index is -0.814. The van der Waals surface area contributed by atoms with Crippen molar-refractivity contribution in [3.05, 3.63) is 101 Å². The molecule has 186 valence electrons. The normalized spacial score (nSPS) is 17.1. The predicted octanol–water partition coefficient (Wildman–Crippen LogP) is 4.26. The van der Waals surface area contributed by atoms with Crippen molar-refractivity contribution >= 4 is 17.4 Å². The van der Waals surface area contributed by atoms with Gasteiger partial charge in [0.2, 0.25) is 0 Å². The van der Waals surface area contributed by atoms with Gasteiger partial charge in [0.1, 0.15) is 23.9 Å². The van der Waals surface area contributed by atoms with Crippen LogP contribution in [0.4, 0.5) is 0 Å². The zero-order valence-electron chi connectivity index (χ0n) is 20.6. The summed E-state index contributed by atoms with van der Waals surface area (Å²) in [5.41, 5.74) is 2.78. The Morgan fingerprint density at radius 1 is 1.00 bits per heavy atom. The van der Waals surface area contributed by atoms with Gasteiger partial charge in [-0.1, -0.05) is 42.5 Å². The second-order valence-corrected chi connectivity index (χ2v) is 9.15. The van der Waals surface area contributed by atoms with Crippen LogP contribution in [0.25, 0.3) is 5.76 Å². The summed E-state index contributed by atoms with van der Waals surface area (Å²) in [6.07, 6.45) is 0. The molecule has 1 atom stereocenters. The highest BCUT2D eigenvalue weighted by molar-refractivity contribution is 6.46. The minimum absolute atomic E-state index is 0.00158. The Kier molecular flexibility index (Phi) is 7.41. The van der Waals surface area contributed by atoms with Crippen LogP contribution in [-0.4, -0.2) is 58.9 Å². The maximum Gasteiger partial charge on any atom is 0.295 e. The molecule has 36 heavy (non-hydrogen) atoms. The lowest BCUT2D eigenvalue weighted by molar-refractivity contribution is -0.140. The summed E-state index contributed by atoms with van der Waals surface area (Å²) in [4.78, 5) is 29.5. The molecular formula is C29H30N2O5. The number of aliphatic hydroxyl groups excluding tert-OH is 1. The highest BCUT2D eigenvalue weighted by atomic mass is 16.5. The van der Waals surface area contributed by atoms with Gasteiger partial charge in [-0.2, -0.15) is 0 Å². The zero-order chi connectivity index (χ0) is 25.8. The van der Waals surface area contributed by atoms with Crippen molar-refractivity contribution in [1.82, 2.24) is 9.80 Å². The summed E-state index contributed by atoms with van der Waals surface area (Å²) in [6, 6.07) is 20.6. The second-order valence-electron chi connectivity index (χ2n) is 9.15. The molecule has 0 radical (unpaired) electrons. The molecule has 1 saturated heterocycles. The van der Waals surface area contributed by atoms with Gasteiger partial charge < -0.3 is 24.7 Å². The monoisotopic (exact) mass is 486 g/mol. The molecule has 3 aromatic carbocycles. The van der Waals surface area contributed by atoms with Crippen molar-refractivity contribution in [3.63, 3.8) is 0 Å². The van der Waals surface area contributed by atoms with E-state index in [1.807, 2.05) is 56.3 Å². The van der Waals surface area contributed by atoms with Gasteiger partial charge in [-0.15, -0.1) is 0 Å². The highest BCUT2D eigenvalue weighted by Gasteiger charge is 2.46. The third kappa shape index (κ3) is 5.26. The van der Waals surface area contributed by atoms with E-state index in [2.05, 4.69) is 0 Å². The molecule has 1 heterocycles. The van der Waals surface area contributed by atoms with Crippen molar-refractivity contribution in [2.24, 2.45) is 0 Å². The van der Waals surface area contributed by atoms with Crippen LogP contribution in [0.3, 0.4) is 0 Å². The number of amides is 1. The molecule has 2 N–H and O–H groups in total. The zero-order valence-corrected chi connectivity index (χ0v) is 20.6. The average Bonchev–Trinajstić information content (AvgIpc) is 3.11. The van der Waals surface area contributed by atoms with Crippen molar-refractivity contribution in [3.8, 4) is 11.5 Å². The van der Waals surface area contributed by atoms with E-state index in [-0.39, 0.29) is 17.1 Å². The predicted molar refractivity (Wildman–Crippen MR) is 138 cm³/mol. The van der Waals surface area contributed by atoms with Gasteiger partial charge in [0, 0.05) is 18.7 Å². The third-order valence-electron chi connectivity index (χ3n) is 6.20. The van der Waals surface area contributed by atoms with Gasteiger partial charge in [-0.25, -0.2) is 0 Å². The van der Waals surface area contributed by atoms with Gasteiger partial charge >= 0.3 is 0 Å². The average molecular weight is 487 g/mol. The van der Waals surface area contributed by atoms with E-state index in [0.717, 1.165) is 11.1 Å². The Morgan fingerprint density at radius 3 is 2.42 bits per heavy atom. The van der Waals surface area contributed by atoms with E-state index in [1.165, 1.54) is 17.0 Å². The summed E-state index contributed by atoms with van der Waals surface area (Å²) in [5, 5.41) is 21.4. The number of hydrogen-bond acceptors (Lipinski definition) is 6. The Balaban J connectivity index is 1.70. The Morgan fingerprint density at radius 2 is 1.75 bits per heavy atom. The number of carbonyl (C=O) groups excluding carboxylic acids is 2. The molecule has 1 fully saturated rings. The summed E-state index contributed by atoms with van der Waals surface area (Å²) in [5.74, 6) is -1.01. The quantitative estimate of drug-likeness (QED) is 0.281. The van der Waals surface area contributed by atoms with Crippen molar-refractivity contribution < 1.29 is 24.5 Å². The first-order chi connectivity index (χ1) is 17.3. The minimum Gasteiger partial charge on any atom is -0.508 e. The summed E-state index contributed by atoms with van der Waals surface area (Å²) < 4.78 is 5.94. The fraction of sp³-hybridized carbons (Fsp3) is 0.241. The molecule has 0 bridgehead atoms. The smallest absolute Gasteiger partial charge is 0.295 e. The summed E-state index contributed by atoms with van der Waals surface area (Å²) >= 11 is 0. The van der Waals surface area contributed by atoms with E-state index < -0.39 is 17.7 Å². The number of Topliss-reactive ketones (excluding diaryl/α,β-unsaturated/α-hetero) is 1. The molecule has 4 rings (SSSR count). The van der Waals surface area contributed by atoms with Crippen LogP contribution >= 0.6 is 0 Å². The van der Waals surface area contributed by atoms with Crippen LogP contribution in [0.15, 0.2) is 78.4 Å². The number of aryl methyl sites for hydroxylation is 1. The number of carbonyl (C=O) groups is 2. The molecule has 1 unspecified atom stereocenters. The van der Waals surface area contributed by atoms with Crippen LogP contribution in [0, 0.1) is 6.92 Å². The number of ether oxygens (including phenoxy) is 1. The molecule has 3 aromatic rings. The van der Waals surface area contributed by atoms with Crippen molar-refractivity contribution in [2.75, 3.05) is 27.2 Å². The van der Waals surface area contributed by atoms with Crippen LogP contribution in [0.1, 0.15) is 28.3 Å². The molecule has 0 spiro atoms. The molecule has 0 saturated carbocycles. The van der Waals surface area contributed by atoms with E-state index in [0.29, 0.717) is 36.6 Å².